The number of carbonyl (C=O) groups is 2. The van der Waals surface area contributed by atoms with E-state index in [4.69, 9.17) is 4.74 Å². The second-order valence-electron chi connectivity index (χ2n) is 4.36. The Labute approximate surface area is 96.0 Å². The minimum absolute atomic E-state index is 0.0258. The molecule has 0 saturated carbocycles. The van der Waals surface area contributed by atoms with Crippen LogP contribution < -0.4 is 5.11 Å². The van der Waals surface area contributed by atoms with Gasteiger partial charge in [0.05, 0.1) is 6.42 Å². The normalized spacial score (nSPS) is 24.4. The standard InChI is InChI=1S/C12H20O4/c1-2-3-4-5-6-7-10-9(12(14)15)8-11(13)16-10/h9-10H,2-8H2,1H3,(H,14,15)/p-1. The molecule has 2 atom stereocenters. The monoisotopic (exact) mass is 227 g/mol. The summed E-state index contributed by atoms with van der Waals surface area (Å²) in [7, 11) is 0. The van der Waals surface area contributed by atoms with Gasteiger partial charge in [0.25, 0.3) is 0 Å². The Bertz CT molecular complexity index is 249. The fourth-order valence-electron chi connectivity index (χ4n) is 2.05. The molecule has 0 aromatic heterocycles. The Morgan fingerprint density at radius 1 is 1.38 bits per heavy atom. The fraction of sp³-hybridized carbons (Fsp3) is 0.833. The van der Waals surface area contributed by atoms with E-state index in [1.807, 2.05) is 0 Å². The highest BCUT2D eigenvalue weighted by atomic mass is 16.6. The smallest absolute Gasteiger partial charge is 0.306 e. The topological polar surface area (TPSA) is 66.4 Å². The number of rotatable bonds is 7. The molecule has 4 nitrogen and oxygen atoms in total. The second kappa shape index (κ2) is 6.51. The van der Waals surface area contributed by atoms with Crippen molar-refractivity contribution in [2.45, 2.75) is 58.0 Å². The van der Waals surface area contributed by atoms with Crippen LogP contribution in [0.2, 0.25) is 0 Å². The molecule has 0 spiro atoms. The molecule has 0 aromatic carbocycles. The van der Waals surface area contributed by atoms with E-state index in [0.717, 1.165) is 19.3 Å². The van der Waals surface area contributed by atoms with Gasteiger partial charge in [0, 0.05) is 11.9 Å². The minimum atomic E-state index is -1.16. The molecular weight excluding hydrogens is 208 g/mol. The maximum atomic E-state index is 11.0. The molecule has 92 valence electrons. The SMILES string of the molecule is CCCCCCCC1OC(=O)CC1C(=O)[O-]. The van der Waals surface area contributed by atoms with E-state index in [1.54, 1.807) is 0 Å². The van der Waals surface area contributed by atoms with Crippen molar-refractivity contribution in [3.63, 3.8) is 0 Å². The van der Waals surface area contributed by atoms with Crippen molar-refractivity contribution in [2.75, 3.05) is 0 Å². The highest BCUT2D eigenvalue weighted by Gasteiger charge is 2.34. The molecule has 2 unspecified atom stereocenters. The molecule has 1 saturated heterocycles. The van der Waals surface area contributed by atoms with Crippen molar-refractivity contribution in [3.05, 3.63) is 0 Å². The molecule has 1 heterocycles. The van der Waals surface area contributed by atoms with Crippen molar-refractivity contribution >= 4 is 11.9 Å². The Morgan fingerprint density at radius 2 is 2.06 bits per heavy atom. The molecule has 0 radical (unpaired) electrons. The lowest BCUT2D eigenvalue weighted by molar-refractivity contribution is -0.312. The number of aliphatic carboxylic acids is 1. The largest absolute Gasteiger partial charge is 0.550 e. The summed E-state index contributed by atoms with van der Waals surface area (Å²) in [4.78, 5) is 21.7. The lowest BCUT2D eigenvalue weighted by atomic mass is 9.96. The second-order valence-corrected chi connectivity index (χ2v) is 4.36. The predicted octanol–water partition coefficient (Wildman–Crippen LogP) is 1.03. The summed E-state index contributed by atoms with van der Waals surface area (Å²) in [5.74, 6) is -2.31. The maximum Gasteiger partial charge on any atom is 0.306 e. The van der Waals surface area contributed by atoms with Crippen molar-refractivity contribution < 1.29 is 19.4 Å². The lowest BCUT2D eigenvalue weighted by Gasteiger charge is -2.17. The van der Waals surface area contributed by atoms with Crippen LogP contribution in [0.3, 0.4) is 0 Å². The van der Waals surface area contributed by atoms with Crippen LogP contribution >= 0.6 is 0 Å². The zero-order chi connectivity index (χ0) is 12.0. The van der Waals surface area contributed by atoms with Gasteiger partial charge < -0.3 is 14.6 Å². The van der Waals surface area contributed by atoms with Gasteiger partial charge in [-0.05, 0) is 12.8 Å². The first-order valence-electron chi connectivity index (χ1n) is 6.05. The number of ether oxygens (including phenoxy) is 1. The van der Waals surface area contributed by atoms with Gasteiger partial charge in [-0.25, -0.2) is 0 Å². The van der Waals surface area contributed by atoms with Gasteiger partial charge in [0.2, 0.25) is 0 Å². The van der Waals surface area contributed by atoms with Crippen LogP contribution in [0.1, 0.15) is 51.9 Å². The molecule has 1 aliphatic heterocycles. The number of carboxylic acids is 1. The summed E-state index contributed by atoms with van der Waals surface area (Å²) in [6.45, 7) is 2.14. The van der Waals surface area contributed by atoms with Crippen molar-refractivity contribution in [1.82, 2.24) is 0 Å². The summed E-state index contributed by atoms with van der Waals surface area (Å²) in [5, 5.41) is 10.7. The molecule has 0 amide bonds. The summed E-state index contributed by atoms with van der Waals surface area (Å²) in [6.07, 6.45) is 5.69. The number of esters is 1. The molecule has 4 heteroatoms. The number of hydrogen-bond acceptors (Lipinski definition) is 4. The van der Waals surface area contributed by atoms with Gasteiger partial charge >= 0.3 is 5.97 Å². The maximum absolute atomic E-state index is 11.0. The van der Waals surface area contributed by atoms with Crippen LogP contribution in [0.4, 0.5) is 0 Å². The average molecular weight is 227 g/mol. The highest BCUT2D eigenvalue weighted by Crippen LogP contribution is 2.26. The summed E-state index contributed by atoms with van der Waals surface area (Å²) in [5.41, 5.74) is 0. The highest BCUT2D eigenvalue weighted by molar-refractivity contribution is 5.81. The quantitative estimate of drug-likeness (QED) is 0.481. The fourth-order valence-corrected chi connectivity index (χ4v) is 2.05. The van der Waals surface area contributed by atoms with Gasteiger partial charge in [0.1, 0.15) is 6.10 Å². The summed E-state index contributed by atoms with van der Waals surface area (Å²) in [6, 6.07) is 0. The molecule has 16 heavy (non-hydrogen) atoms. The summed E-state index contributed by atoms with van der Waals surface area (Å²) >= 11 is 0. The van der Waals surface area contributed by atoms with Gasteiger partial charge in [-0.15, -0.1) is 0 Å². The van der Waals surface area contributed by atoms with E-state index in [2.05, 4.69) is 6.92 Å². The third kappa shape index (κ3) is 3.83. The van der Waals surface area contributed by atoms with Crippen molar-refractivity contribution in [3.8, 4) is 0 Å². The number of cyclic esters (lactones) is 1. The third-order valence-electron chi connectivity index (χ3n) is 3.01. The lowest BCUT2D eigenvalue weighted by Crippen LogP contribution is -2.36. The predicted molar refractivity (Wildman–Crippen MR) is 56.4 cm³/mol. The van der Waals surface area contributed by atoms with E-state index < -0.39 is 24.0 Å². The van der Waals surface area contributed by atoms with E-state index in [0.29, 0.717) is 6.42 Å². The average Bonchev–Trinajstić information content (AvgIpc) is 2.59. The summed E-state index contributed by atoms with van der Waals surface area (Å²) < 4.78 is 4.98. The van der Waals surface area contributed by atoms with E-state index in [9.17, 15) is 14.7 Å². The van der Waals surface area contributed by atoms with Crippen molar-refractivity contribution in [2.24, 2.45) is 5.92 Å². The van der Waals surface area contributed by atoms with Crippen LogP contribution in [0, 0.1) is 5.92 Å². The van der Waals surface area contributed by atoms with Gasteiger partial charge in [-0.3, -0.25) is 4.79 Å². The Balaban J connectivity index is 2.24. The molecule has 0 bridgehead atoms. The van der Waals surface area contributed by atoms with Crippen LogP contribution in [0.25, 0.3) is 0 Å². The number of carbonyl (C=O) groups excluding carboxylic acids is 2. The molecule has 1 rings (SSSR count). The van der Waals surface area contributed by atoms with Crippen molar-refractivity contribution in [1.29, 1.82) is 0 Å². The van der Waals surface area contributed by atoms with Crippen LogP contribution in [0.15, 0.2) is 0 Å². The molecular formula is C12H19O4-. The number of hydrogen-bond donors (Lipinski definition) is 0. The van der Waals surface area contributed by atoms with Crippen LogP contribution in [0.5, 0.6) is 0 Å². The number of unbranched alkanes of at least 4 members (excludes halogenated alkanes) is 4. The zero-order valence-corrected chi connectivity index (χ0v) is 9.74. The molecule has 0 aromatic rings. The van der Waals surface area contributed by atoms with Gasteiger partial charge in [-0.1, -0.05) is 32.6 Å². The first kappa shape index (κ1) is 13.0. The number of carboxylic acid groups (broad SMARTS) is 1. The minimum Gasteiger partial charge on any atom is -0.550 e. The first-order valence-corrected chi connectivity index (χ1v) is 6.05. The van der Waals surface area contributed by atoms with Gasteiger partial charge in [-0.2, -0.15) is 0 Å². The van der Waals surface area contributed by atoms with Gasteiger partial charge in [0.15, 0.2) is 0 Å². The molecule has 1 aliphatic rings. The van der Waals surface area contributed by atoms with Crippen LogP contribution in [-0.4, -0.2) is 18.0 Å². The first-order chi connectivity index (χ1) is 7.65. The zero-order valence-electron chi connectivity index (χ0n) is 9.74. The molecule has 0 N–H and O–H groups in total. The van der Waals surface area contributed by atoms with Crippen LogP contribution in [-0.2, 0) is 14.3 Å². The van der Waals surface area contributed by atoms with E-state index in [-0.39, 0.29) is 6.42 Å². The van der Waals surface area contributed by atoms with E-state index >= 15 is 0 Å². The molecule has 1 fully saturated rings. The Hall–Kier alpha value is -1.06. The van der Waals surface area contributed by atoms with E-state index in [1.165, 1.54) is 12.8 Å². The third-order valence-corrected chi connectivity index (χ3v) is 3.01. The Kier molecular flexibility index (Phi) is 5.29. The molecule has 0 aliphatic carbocycles. The Morgan fingerprint density at radius 3 is 2.69 bits per heavy atom.